The van der Waals surface area contributed by atoms with Crippen LogP contribution in [0.1, 0.15) is 0 Å². The maximum atomic E-state index is 6.83. The molecule has 0 N–H and O–H groups in total. The van der Waals surface area contributed by atoms with Gasteiger partial charge in [0.2, 0.25) is 0 Å². The highest BCUT2D eigenvalue weighted by Gasteiger charge is 2.29. The molecule has 0 atom stereocenters. The van der Waals surface area contributed by atoms with Gasteiger partial charge in [0.25, 0.3) is 0 Å². The van der Waals surface area contributed by atoms with E-state index in [1.807, 2.05) is 6.07 Å². The number of para-hydroxylation sites is 4. The van der Waals surface area contributed by atoms with E-state index in [-0.39, 0.29) is 0 Å². The van der Waals surface area contributed by atoms with Gasteiger partial charge in [-0.05, 0) is 82.9 Å². The number of anilines is 3. The first-order valence-corrected chi connectivity index (χ1v) is 15.3. The normalized spacial score (nSPS) is 12.1. The van der Waals surface area contributed by atoms with E-state index in [0.717, 1.165) is 56.1 Å². The predicted molar refractivity (Wildman–Crippen MR) is 186 cm³/mol. The Morgan fingerprint density at radius 1 is 0.400 bits per heavy atom. The van der Waals surface area contributed by atoms with Crippen molar-refractivity contribution >= 4 is 38.9 Å². The van der Waals surface area contributed by atoms with Crippen LogP contribution in [-0.2, 0) is 0 Å². The molecule has 212 valence electrons. The molecule has 7 aromatic carbocycles. The summed E-state index contributed by atoms with van der Waals surface area (Å²) >= 11 is 0. The third kappa shape index (κ3) is 4.13. The van der Waals surface area contributed by atoms with Gasteiger partial charge in [-0.2, -0.15) is 0 Å². The van der Waals surface area contributed by atoms with E-state index >= 15 is 0 Å². The zero-order valence-electron chi connectivity index (χ0n) is 24.5. The smallest absolute Gasteiger partial charge is 0.161 e. The lowest BCUT2D eigenvalue weighted by Crippen LogP contribution is -2.15. The Morgan fingerprint density at radius 3 is 1.71 bits per heavy atom. The minimum absolute atomic E-state index is 0.843. The molecule has 0 fully saturated rings. The van der Waals surface area contributed by atoms with Crippen molar-refractivity contribution in [2.45, 2.75) is 0 Å². The molecule has 0 bridgehead atoms. The van der Waals surface area contributed by atoms with Crippen molar-refractivity contribution < 1.29 is 4.74 Å². The van der Waals surface area contributed by atoms with E-state index in [1.165, 1.54) is 22.3 Å². The summed E-state index contributed by atoms with van der Waals surface area (Å²) in [7, 11) is 0. The summed E-state index contributed by atoms with van der Waals surface area (Å²) in [5.41, 5.74) is 11.2. The fourth-order valence-corrected chi connectivity index (χ4v) is 6.73. The van der Waals surface area contributed by atoms with Crippen molar-refractivity contribution in [2.24, 2.45) is 0 Å². The number of hydrogen-bond acceptors (Lipinski definition) is 2. The molecule has 3 heteroatoms. The molecule has 0 radical (unpaired) electrons. The average Bonchev–Trinajstić information content (AvgIpc) is 3.46. The molecule has 1 aliphatic rings. The summed E-state index contributed by atoms with van der Waals surface area (Å²) in [5.74, 6) is 1.71. The van der Waals surface area contributed by atoms with Crippen LogP contribution >= 0.6 is 0 Å². The van der Waals surface area contributed by atoms with Gasteiger partial charge in [0, 0.05) is 16.8 Å². The third-order valence-corrected chi connectivity index (χ3v) is 8.73. The Hall–Kier alpha value is -6.06. The number of aromatic nitrogens is 1. The maximum absolute atomic E-state index is 6.83. The molecular formula is C42H28N2O. The van der Waals surface area contributed by atoms with E-state index in [4.69, 9.17) is 4.74 Å². The van der Waals surface area contributed by atoms with E-state index in [0.29, 0.717) is 0 Å². The molecule has 8 aromatic rings. The van der Waals surface area contributed by atoms with Crippen LogP contribution in [0.4, 0.5) is 17.1 Å². The second kappa shape index (κ2) is 10.3. The second-order valence-electron chi connectivity index (χ2n) is 11.4. The molecule has 0 saturated carbocycles. The van der Waals surface area contributed by atoms with Gasteiger partial charge >= 0.3 is 0 Å². The molecule has 2 heterocycles. The molecule has 0 aliphatic carbocycles. The second-order valence-corrected chi connectivity index (χ2v) is 11.4. The summed E-state index contributed by atoms with van der Waals surface area (Å²) in [6.45, 7) is 0. The Kier molecular flexibility index (Phi) is 5.82. The first-order valence-electron chi connectivity index (χ1n) is 15.3. The van der Waals surface area contributed by atoms with Crippen molar-refractivity contribution in [1.82, 2.24) is 4.57 Å². The number of ether oxygens (including phenoxy) is 1. The summed E-state index contributed by atoms with van der Waals surface area (Å²) in [6, 6.07) is 60.1. The Balaban J connectivity index is 1.34. The highest BCUT2D eigenvalue weighted by molar-refractivity contribution is 6.15. The third-order valence-electron chi connectivity index (χ3n) is 8.73. The zero-order valence-corrected chi connectivity index (χ0v) is 24.5. The molecule has 1 aliphatic heterocycles. The van der Waals surface area contributed by atoms with Crippen LogP contribution < -0.4 is 9.64 Å². The van der Waals surface area contributed by atoms with Gasteiger partial charge in [0.15, 0.2) is 11.5 Å². The van der Waals surface area contributed by atoms with E-state index < -0.39 is 0 Å². The van der Waals surface area contributed by atoms with Gasteiger partial charge in [-0.15, -0.1) is 0 Å². The molecule has 0 unspecified atom stereocenters. The Labute approximate surface area is 261 Å². The van der Waals surface area contributed by atoms with Crippen LogP contribution in [0.2, 0.25) is 0 Å². The van der Waals surface area contributed by atoms with E-state index in [1.54, 1.807) is 0 Å². The number of rotatable bonds is 4. The lowest BCUT2D eigenvalue weighted by atomic mass is 9.98. The van der Waals surface area contributed by atoms with Crippen LogP contribution in [-0.4, -0.2) is 4.57 Å². The first kappa shape index (κ1) is 25.4. The van der Waals surface area contributed by atoms with E-state index in [9.17, 15) is 0 Å². The van der Waals surface area contributed by atoms with Gasteiger partial charge in [-0.25, -0.2) is 0 Å². The summed E-state index contributed by atoms with van der Waals surface area (Å²) < 4.78 is 9.22. The molecule has 1 aromatic heterocycles. The minimum atomic E-state index is 0.843. The number of benzene rings is 7. The van der Waals surface area contributed by atoms with Crippen molar-refractivity contribution in [2.75, 3.05) is 4.90 Å². The Morgan fingerprint density at radius 2 is 1.00 bits per heavy atom. The van der Waals surface area contributed by atoms with Crippen molar-refractivity contribution in [3.05, 3.63) is 170 Å². The summed E-state index contributed by atoms with van der Waals surface area (Å²) in [5, 5.41) is 2.26. The highest BCUT2D eigenvalue weighted by atomic mass is 16.5. The lowest BCUT2D eigenvalue weighted by molar-refractivity contribution is 0.483. The fourth-order valence-electron chi connectivity index (χ4n) is 6.73. The predicted octanol–water partition coefficient (Wildman–Crippen LogP) is 11.7. The number of fused-ring (bicyclic) bond motifs is 6. The van der Waals surface area contributed by atoms with Crippen LogP contribution in [0.5, 0.6) is 11.5 Å². The topological polar surface area (TPSA) is 17.4 Å². The van der Waals surface area contributed by atoms with Crippen molar-refractivity contribution in [3.8, 4) is 39.4 Å². The van der Waals surface area contributed by atoms with Gasteiger partial charge in [-0.3, -0.25) is 0 Å². The quantitative estimate of drug-likeness (QED) is 0.207. The van der Waals surface area contributed by atoms with Crippen LogP contribution in [0, 0.1) is 0 Å². The molecule has 45 heavy (non-hydrogen) atoms. The maximum Gasteiger partial charge on any atom is 0.161 e. The van der Waals surface area contributed by atoms with Crippen LogP contribution in [0.3, 0.4) is 0 Å². The number of hydrogen-bond donors (Lipinski definition) is 0. The molecule has 0 spiro atoms. The molecule has 0 saturated heterocycles. The zero-order chi connectivity index (χ0) is 29.7. The van der Waals surface area contributed by atoms with Gasteiger partial charge in [-0.1, -0.05) is 109 Å². The molecule has 0 amide bonds. The first-order chi connectivity index (χ1) is 22.3. The number of nitrogens with zero attached hydrogens (tertiary/aromatic N) is 2. The minimum Gasteiger partial charge on any atom is -0.452 e. The summed E-state index contributed by atoms with van der Waals surface area (Å²) in [4.78, 5) is 2.31. The highest BCUT2D eigenvalue weighted by Crippen LogP contribution is 2.54. The summed E-state index contributed by atoms with van der Waals surface area (Å²) in [6.07, 6.45) is 0. The van der Waals surface area contributed by atoms with Crippen molar-refractivity contribution in [3.63, 3.8) is 0 Å². The average molecular weight is 577 g/mol. The monoisotopic (exact) mass is 576 g/mol. The van der Waals surface area contributed by atoms with Gasteiger partial charge in [0.05, 0.1) is 27.8 Å². The fraction of sp³-hybridized carbons (Fsp3) is 0. The molecular weight excluding hydrogens is 548 g/mol. The van der Waals surface area contributed by atoms with E-state index in [2.05, 4.69) is 173 Å². The van der Waals surface area contributed by atoms with Gasteiger partial charge < -0.3 is 14.2 Å². The molecule has 3 nitrogen and oxygen atoms in total. The van der Waals surface area contributed by atoms with Crippen LogP contribution in [0.15, 0.2) is 170 Å². The van der Waals surface area contributed by atoms with Crippen molar-refractivity contribution in [1.29, 1.82) is 0 Å². The largest absolute Gasteiger partial charge is 0.452 e. The Bertz CT molecular complexity index is 2280. The lowest BCUT2D eigenvalue weighted by Gasteiger charge is -2.33. The SMILES string of the molecule is c1ccc(-c2cc(-c3ccccc3)cc(-n3c4ccccc4c4c5c(ccc43)N(c3ccccc3)c3ccccc3O5)c2)cc1. The van der Waals surface area contributed by atoms with Crippen LogP contribution in [0.25, 0.3) is 49.7 Å². The molecule has 9 rings (SSSR count). The van der Waals surface area contributed by atoms with Gasteiger partial charge in [0.1, 0.15) is 0 Å². The standard InChI is InChI=1S/C42H28N2O/c1-4-14-29(15-5-1)31-26-32(30-16-6-2-7-17-30)28-34(27-31)44-36-21-11-10-20-35(36)41-38(44)24-25-39-42(41)45-40-23-13-12-22-37(40)43(39)33-18-8-3-9-19-33/h1-28H.